The summed E-state index contributed by atoms with van der Waals surface area (Å²) < 4.78 is 0. The number of amides is 1. The van der Waals surface area contributed by atoms with E-state index in [1.165, 1.54) is 0 Å². The first-order chi connectivity index (χ1) is 9.10. The molecule has 0 fully saturated rings. The first-order valence-electron chi connectivity index (χ1n) is 6.27. The number of benzene rings is 1. The average molecular weight is 281 g/mol. The number of H-pyrrole nitrogens is 1. The van der Waals surface area contributed by atoms with Gasteiger partial charge in [0.05, 0.1) is 0 Å². The smallest absolute Gasteiger partial charge is 0.267 e. The highest BCUT2D eigenvalue weighted by Crippen LogP contribution is 2.19. The highest BCUT2D eigenvalue weighted by molar-refractivity contribution is 6.31. The Morgan fingerprint density at radius 2 is 2.26 bits per heavy atom. The molecule has 19 heavy (non-hydrogen) atoms. The quantitative estimate of drug-likeness (QED) is 0.788. The summed E-state index contributed by atoms with van der Waals surface area (Å²) in [6.07, 6.45) is 0.683. The predicted octanol–water partition coefficient (Wildman–Crippen LogP) is 2.57. The number of aliphatic hydroxyl groups is 1. The van der Waals surface area contributed by atoms with Crippen molar-refractivity contribution < 1.29 is 9.90 Å². The fourth-order valence-electron chi connectivity index (χ4n) is 1.91. The third-order valence-corrected chi connectivity index (χ3v) is 3.30. The second kappa shape index (κ2) is 6.08. The summed E-state index contributed by atoms with van der Waals surface area (Å²) in [5.74, 6) is 0.116. The summed E-state index contributed by atoms with van der Waals surface area (Å²) in [4.78, 5) is 15.0. The van der Waals surface area contributed by atoms with E-state index in [0.29, 0.717) is 23.7 Å². The number of rotatable bonds is 5. The van der Waals surface area contributed by atoms with Crippen LogP contribution in [0, 0.1) is 5.92 Å². The van der Waals surface area contributed by atoms with Gasteiger partial charge in [-0.1, -0.05) is 24.6 Å². The number of hydrogen-bond donors (Lipinski definition) is 3. The van der Waals surface area contributed by atoms with Crippen molar-refractivity contribution in [2.75, 3.05) is 13.2 Å². The van der Waals surface area contributed by atoms with Gasteiger partial charge in [-0.2, -0.15) is 0 Å². The SMILES string of the molecule is CC(CCO)CNC(=O)c1cc2ccc(Cl)cc2[nH]1. The summed E-state index contributed by atoms with van der Waals surface area (Å²) in [6, 6.07) is 7.27. The summed E-state index contributed by atoms with van der Waals surface area (Å²) in [5, 5.41) is 13.2. The van der Waals surface area contributed by atoms with Gasteiger partial charge in [0.2, 0.25) is 0 Å². The number of carbonyl (C=O) groups is 1. The number of nitrogens with one attached hydrogen (secondary N) is 2. The van der Waals surface area contributed by atoms with E-state index >= 15 is 0 Å². The van der Waals surface area contributed by atoms with E-state index in [9.17, 15) is 4.79 Å². The molecular formula is C14H17ClN2O2. The van der Waals surface area contributed by atoms with Crippen LogP contribution in [0.15, 0.2) is 24.3 Å². The Hall–Kier alpha value is -1.52. The lowest BCUT2D eigenvalue weighted by Gasteiger charge is -2.10. The molecule has 1 atom stereocenters. The lowest BCUT2D eigenvalue weighted by molar-refractivity contribution is 0.0941. The second-order valence-electron chi connectivity index (χ2n) is 4.74. The number of aromatic nitrogens is 1. The number of fused-ring (bicyclic) bond motifs is 1. The van der Waals surface area contributed by atoms with Crippen molar-refractivity contribution in [3.8, 4) is 0 Å². The molecule has 2 aromatic rings. The van der Waals surface area contributed by atoms with Gasteiger partial charge in [0.25, 0.3) is 5.91 Å². The van der Waals surface area contributed by atoms with Crippen LogP contribution in [-0.2, 0) is 0 Å². The maximum atomic E-state index is 12.0. The van der Waals surface area contributed by atoms with Crippen LogP contribution in [0.2, 0.25) is 5.02 Å². The summed E-state index contributed by atoms with van der Waals surface area (Å²) in [5.41, 5.74) is 1.37. The van der Waals surface area contributed by atoms with Gasteiger partial charge in [0, 0.05) is 29.1 Å². The minimum atomic E-state index is -0.142. The molecule has 1 heterocycles. The maximum Gasteiger partial charge on any atom is 0.267 e. The first kappa shape index (κ1) is 13.9. The number of carbonyl (C=O) groups excluding carboxylic acids is 1. The van der Waals surface area contributed by atoms with Crippen molar-refractivity contribution >= 4 is 28.4 Å². The molecule has 0 bridgehead atoms. The molecule has 1 aromatic carbocycles. The van der Waals surface area contributed by atoms with Crippen LogP contribution in [0.5, 0.6) is 0 Å². The molecule has 1 aromatic heterocycles. The van der Waals surface area contributed by atoms with Crippen molar-refractivity contribution in [1.29, 1.82) is 0 Å². The molecule has 0 aliphatic rings. The number of halogens is 1. The number of aromatic amines is 1. The molecule has 0 saturated carbocycles. The zero-order valence-corrected chi connectivity index (χ0v) is 11.5. The van der Waals surface area contributed by atoms with Crippen molar-refractivity contribution in [2.24, 2.45) is 5.92 Å². The Bertz CT molecular complexity index is 580. The van der Waals surface area contributed by atoms with E-state index < -0.39 is 0 Å². The predicted molar refractivity (Wildman–Crippen MR) is 76.5 cm³/mol. The van der Waals surface area contributed by atoms with Crippen LogP contribution in [0.3, 0.4) is 0 Å². The van der Waals surface area contributed by atoms with Crippen molar-refractivity contribution in [2.45, 2.75) is 13.3 Å². The second-order valence-corrected chi connectivity index (χ2v) is 5.18. The normalized spacial score (nSPS) is 12.6. The Morgan fingerprint density at radius 3 is 3.00 bits per heavy atom. The van der Waals surface area contributed by atoms with E-state index in [1.54, 1.807) is 18.2 Å². The first-order valence-corrected chi connectivity index (χ1v) is 6.65. The molecule has 1 amide bonds. The van der Waals surface area contributed by atoms with Gasteiger partial charge in [0.15, 0.2) is 0 Å². The molecule has 102 valence electrons. The largest absolute Gasteiger partial charge is 0.396 e. The van der Waals surface area contributed by atoms with Gasteiger partial charge in [-0.25, -0.2) is 0 Å². The third-order valence-electron chi connectivity index (χ3n) is 3.06. The summed E-state index contributed by atoms with van der Waals surface area (Å²) >= 11 is 5.90. The van der Waals surface area contributed by atoms with E-state index in [4.69, 9.17) is 16.7 Å². The zero-order chi connectivity index (χ0) is 13.8. The van der Waals surface area contributed by atoms with Crippen LogP contribution in [0.4, 0.5) is 0 Å². The van der Waals surface area contributed by atoms with E-state index in [1.807, 2.05) is 13.0 Å². The standard InChI is InChI=1S/C14H17ClN2O2/c1-9(4-5-18)8-16-14(19)13-6-10-2-3-11(15)7-12(10)17-13/h2-3,6-7,9,17-18H,4-5,8H2,1H3,(H,16,19). The van der Waals surface area contributed by atoms with E-state index in [2.05, 4.69) is 10.3 Å². The maximum absolute atomic E-state index is 12.0. The molecule has 0 aliphatic carbocycles. The summed E-state index contributed by atoms with van der Waals surface area (Å²) in [6.45, 7) is 2.68. The Balaban J connectivity index is 2.05. The molecule has 0 spiro atoms. The fourth-order valence-corrected chi connectivity index (χ4v) is 2.08. The minimum absolute atomic E-state index is 0.141. The van der Waals surface area contributed by atoms with Crippen LogP contribution in [0.25, 0.3) is 10.9 Å². The van der Waals surface area contributed by atoms with E-state index in [-0.39, 0.29) is 18.4 Å². The Morgan fingerprint density at radius 1 is 1.47 bits per heavy atom. The van der Waals surface area contributed by atoms with Crippen molar-refractivity contribution in [3.05, 3.63) is 35.0 Å². The fraction of sp³-hybridized carbons (Fsp3) is 0.357. The average Bonchev–Trinajstić information content (AvgIpc) is 2.79. The van der Waals surface area contributed by atoms with Gasteiger partial charge in [-0.15, -0.1) is 0 Å². The molecule has 0 saturated heterocycles. The highest BCUT2D eigenvalue weighted by atomic mass is 35.5. The lowest BCUT2D eigenvalue weighted by Crippen LogP contribution is -2.28. The van der Waals surface area contributed by atoms with Gasteiger partial charge in [-0.3, -0.25) is 4.79 Å². The third kappa shape index (κ3) is 3.49. The molecular weight excluding hydrogens is 264 g/mol. The number of hydrogen-bond acceptors (Lipinski definition) is 2. The van der Waals surface area contributed by atoms with Gasteiger partial charge in [0.1, 0.15) is 5.69 Å². The summed E-state index contributed by atoms with van der Waals surface area (Å²) in [7, 11) is 0. The van der Waals surface area contributed by atoms with Crippen LogP contribution < -0.4 is 5.32 Å². The van der Waals surface area contributed by atoms with Crippen LogP contribution in [-0.4, -0.2) is 29.1 Å². The molecule has 1 unspecified atom stereocenters. The minimum Gasteiger partial charge on any atom is -0.396 e. The zero-order valence-electron chi connectivity index (χ0n) is 10.7. The molecule has 0 radical (unpaired) electrons. The van der Waals surface area contributed by atoms with Crippen molar-refractivity contribution in [3.63, 3.8) is 0 Å². The Kier molecular flexibility index (Phi) is 4.45. The lowest BCUT2D eigenvalue weighted by atomic mass is 10.1. The molecule has 2 rings (SSSR count). The van der Waals surface area contributed by atoms with Crippen molar-refractivity contribution in [1.82, 2.24) is 10.3 Å². The van der Waals surface area contributed by atoms with E-state index in [0.717, 1.165) is 10.9 Å². The van der Waals surface area contributed by atoms with Gasteiger partial charge in [-0.05, 0) is 30.5 Å². The Labute approximate surface area is 116 Å². The van der Waals surface area contributed by atoms with Gasteiger partial charge >= 0.3 is 0 Å². The topological polar surface area (TPSA) is 65.1 Å². The monoisotopic (exact) mass is 280 g/mol. The molecule has 5 heteroatoms. The highest BCUT2D eigenvalue weighted by Gasteiger charge is 2.10. The molecule has 0 aliphatic heterocycles. The van der Waals surface area contributed by atoms with Crippen LogP contribution in [0.1, 0.15) is 23.8 Å². The number of aliphatic hydroxyl groups excluding tert-OH is 1. The van der Waals surface area contributed by atoms with Gasteiger partial charge < -0.3 is 15.4 Å². The molecule has 3 N–H and O–H groups in total. The molecule has 4 nitrogen and oxygen atoms in total. The van der Waals surface area contributed by atoms with Crippen LogP contribution >= 0.6 is 11.6 Å².